The van der Waals surface area contributed by atoms with Gasteiger partial charge in [-0.15, -0.1) is 22.7 Å². The first-order chi connectivity index (χ1) is 9.22. The van der Waals surface area contributed by atoms with Crippen molar-refractivity contribution in [3.8, 4) is 0 Å². The largest absolute Gasteiger partial charge is 0.355 e. The molecule has 0 aromatic carbocycles. The molecule has 0 aliphatic rings. The summed E-state index contributed by atoms with van der Waals surface area (Å²) in [5.74, 6) is 0.0422. The van der Waals surface area contributed by atoms with E-state index in [2.05, 4.69) is 33.5 Å². The van der Waals surface area contributed by atoms with Crippen LogP contribution < -0.4 is 10.6 Å². The molecule has 0 saturated carbocycles. The molecule has 0 spiro atoms. The Labute approximate surface area is 121 Å². The highest BCUT2D eigenvalue weighted by atomic mass is 32.1. The molecule has 0 saturated heterocycles. The summed E-state index contributed by atoms with van der Waals surface area (Å²) in [7, 11) is 0. The van der Waals surface area contributed by atoms with Crippen molar-refractivity contribution in [2.45, 2.75) is 25.9 Å². The van der Waals surface area contributed by atoms with Gasteiger partial charge in [0.1, 0.15) is 0 Å². The quantitative estimate of drug-likeness (QED) is 0.860. The lowest BCUT2D eigenvalue weighted by Gasteiger charge is -2.21. The lowest BCUT2D eigenvalue weighted by molar-refractivity contribution is -0.122. The maximum absolute atomic E-state index is 11.9. The van der Waals surface area contributed by atoms with Gasteiger partial charge in [0.2, 0.25) is 5.91 Å². The first kappa shape index (κ1) is 14.2. The van der Waals surface area contributed by atoms with Crippen LogP contribution in [-0.2, 0) is 4.79 Å². The highest BCUT2D eigenvalue weighted by Gasteiger charge is 2.21. The first-order valence-corrected chi connectivity index (χ1v) is 8.09. The Morgan fingerprint density at radius 3 is 2.21 bits per heavy atom. The maximum Gasteiger partial charge on any atom is 0.236 e. The molecule has 0 aliphatic heterocycles. The van der Waals surface area contributed by atoms with Crippen molar-refractivity contribution in [2.75, 3.05) is 6.54 Å². The number of hydrogen-bond acceptors (Lipinski definition) is 4. The van der Waals surface area contributed by atoms with Gasteiger partial charge in [0, 0.05) is 16.3 Å². The number of likely N-dealkylation sites (N-methyl/N-ethyl adjacent to an activating group) is 1. The summed E-state index contributed by atoms with van der Waals surface area (Å²) in [4.78, 5) is 14.3. The zero-order valence-electron chi connectivity index (χ0n) is 11.1. The van der Waals surface area contributed by atoms with Crippen molar-refractivity contribution >= 4 is 28.6 Å². The average molecular weight is 294 g/mol. The predicted octanol–water partition coefficient (Wildman–Crippen LogP) is 3.01. The fraction of sp³-hybridized carbons (Fsp3) is 0.357. The molecular formula is C14H18N2OS2. The van der Waals surface area contributed by atoms with Crippen LogP contribution in [0.3, 0.4) is 0 Å². The van der Waals surface area contributed by atoms with Crippen molar-refractivity contribution in [2.24, 2.45) is 0 Å². The second-order valence-corrected chi connectivity index (χ2v) is 6.21. The predicted molar refractivity (Wildman–Crippen MR) is 81.8 cm³/mol. The van der Waals surface area contributed by atoms with Crippen molar-refractivity contribution < 1.29 is 4.79 Å². The van der Waals surface area contributed by atoms with Crippen LogP contribution in [0.2, 0.25) is 0 Å². The van der Waals surface area contributed by atoms with Crippen LogP contribution >= 0.6 is 22.7 Å². The van der Waals surface area contributed by atoms with Gasteiger partial charge >= 0.3 is 0 Å². The van der Waals surface area contributed by atoms with Gasteiger partial charge < -0.3 is 5.32 Å². The molecule has 2 rings (SSSR count). The minimum Gasteiger partial charge on any atom is -0.355 e. The molecular weight excluding hydrogens is 276 g/mol. The van der Waals surface area contributed by atoms with E-state index in [0.29, 0.717) is 6.54 Å². The summed E-state index contributed by atoms with van der Waals surface area (Å²) in [6, 6.07) is 8.17. The van der Waals surface area contributed by atoms with Gasteiger partial charge in [0.15, 0.2) is 0 Å². The van der Waals surface area contributed by atoms with Gasteiger partial charge in [-0.2, -0.15) is 0 Å². The third-order valence-corrected chi connectivity index (χ3v) is 4.69. The molecule has 2 heterocycles. The number of carbonyl (C=O) groups is 1. The molecule has 19 heavy (non-hydrogen) atoms. The van der Waals surface area contributed by atoms with E-state index in [-0.39, 0.29) is 18.0 Å². The maximum atomic E-state index is 11.9. The molecule has 2 N–H and O–H groups in total. The van der Waals surface area contributed by atoms with Crippen molar-refractivity contribution in [1.29, 1.82) is 0 Å². The van der Waals surface area contributed by atoms with Gasteiger partial charge in [0.05, 0.1) is 12.1 Å². The van der Waals surface area contributed by atoms with Crippen LogP contribution in [0.25, 0.3) is 0 Å². The fourth-order valence-corrected chi connectivity index (χ4v) is 3.55. The normalized spacial score (nSPS) is 12.6. The third-order valence-electron chi connectivity index (χ3n) is 2.82. The van der Waals surface area contributed by atoms with Gasteiger partial charge in [-0.3, -0.25) is 10.1 Å². The van der Waals surface area contributed by atoms with E-state index in [0.717, 1.165) is 0 Å². The van der Waals surface area contributed by atoms with Crippen LogP contribution in [0.15, 0.2) is 35.0 Å². The molecule has 0 radical (unpaired) electrons. The zero-order chi connectivity index (χ0) is 13.7. The van der Waals surface area contributed by atoms with E-state index in [1.807, 2.05) is 26.0 Å². The van der Waals surface area contributed by atoms with E-state index in [1.165, 1.54) is 9.75 Å². The minimum atomic E-state index is -0.214. The summed E-state index contributed by atoms with van der Waals surface area (Å²) in [5, 5.41) is 10.4. The number of hydrogen-bond donors (Lipinski definition) is 2. The molecule has 102 valence electrons. The Hall–Kier alpha value is -1.17. The fourth-order valence-electron chi connectivity index (χ4n) is 1.87. The highest BCUT2D eigenvalue weighted by molar-refractivity contribution is 7.11. The molecule has 1 amide bonds. The number of rotatable bonds is 6. The SMILES string of the molecule is CCNC(=O)C(C)NC(c1cccs1)c1cccs1. The average Bonchev–Trinajstić information content (AvgIpc) is 3.09. The lowest BCUT2D eigenvalue weighted by Crippen LogP contribution is -2.43. The summed E-state index contributed by atoms with van der Waals surface area (Å²) in [6.07, 6.45) is 0. The Balaban J connectivity index is 2.13. The molecule has 0 fully saturated rings. The summed E-state index contributed by atoms with van der Waals surface area (Å²) >= 11 is 3.42. The van der Waals surface area contributed by atoms with Crippen LogP contribution in [-0.4, -0.2) is 18.5 Å². The molecule has 1 unspecified atom stereocenters. The summed E-state index contributed by atoms with van der Waals surface area (Å²) in [6.45, 7) is 4.49. The molecule has 5 heteroatoms. The molecule has 2 aromatic heterocycles. The summed E-state index contributed by atoms with van der Waals surface area (Å²) in [5.41, 5.74) is 0. The molecule has 3 nitrogen and oxygen atoms in total. The van der Waals surface area contributed by atoms with Crippen LogP contribution in [0.4, 0.5) is 0 Å². The topological polar surface area (TPSA) is 41.1 Å². The molecule has 0 aliphatic carbocycles. The number of thiophene rings is 2. The monoisotopic (exact) mass is 294 g/mol. The van der Waals surface area contributed by atoms with Gasteiger partial charge in [-0.25, -0.2) is 0 Å². The highest BCUT2D eigenvalue weighted by Crippen LogP contribution is 2.29. The zero-order valence-corrected chi connectivity index (χ0v) is 12.7. The lowest BCUT2D eigenvalue weighted by atomic mass is 10.1. The number of carbonyl (C=O) groups excluding carboxylic acids is 1. The standard InChI is InChI=1S/C14H18N2OS2/c1-3-15-14(17)10(2)16-13(11-6-4-8-18-11)12-7-5-9-19-12/h4-10,13,16H,3H2,1-2H3,(H,15,17). The Bertz CT molecular complexity index is 459. The molecule has 0 bridgehead atoms. The third kappa shape index (κ3) is 3.65. The van der Waals surface area contributed by atoms with Gasteiger partial charge in [-0.05, 0) is 36.7 Å². The number of amides is 1. The second kappa shape index (κ2) is 6.84. The van der Waals surface area contributed by atoms with Crippen molar-refractivity contribution in [3.63, 3.8) is 0 Å². The Morgan fingerprint density at radius 2 is 1.79 bits per heavy atom. The van der Waals surface area contributed by atoms with Crippen LogP contribution in [0.1, 0.15) is 29.6 Å². The Kier molecular flexibility index (Phi) is 5.13. The summed E-state index contributed by atoms with van der Waals surface area (Å²) < 4.78 is 0. The smallest absolute Gasteiger partial charge is 0.236 e. The van der Waals surface area contributed by atoms with E-state index >= 15 is 0 Å². The van der Waals surface area contributed by atoms with Crippen LogP contribution in [0, 0.1) is 0 Å². The van der Waals surface area contributed by atoms with Crippen LogP contribution in [0.5, 0.6) is 0 Å². The van der Waals surface area contributed by atoms with E-state index in [1.54, 1.807) is 22.7 Å². The van der Waals surface area contributed by atoms with E-state index in [9.17, 15) is 4.79 Å². The second-order valence-electron chi connectivity index (χ2n) is 4.25. The van der Waals surface area contributed by atoms with Crippen molar-refractivity contribution in [3.05, 3.63) is 44.8 Å². The Morgan fingerprint density at radius 1 is 1.21 bits per heavy atom. The first-order valence-electron chi connectivity index (χ1n) is 6.33. The number of nitrogens with one attached hydrogen (secondary N) is 2. The van der Waals surface area contributed by atoms with E-state index < -0.39 is 0 Å². The van der Waals surface area contributed by atoms with Gasteiger partial charge in [0.25, 0.3) is 0 Å². The molecule has 2 aromatic rings. The van der Waals surface area contributed by atoms with Gasteiger partial charge in [-0.1, -0.05) is 12.1 Å². The minimum absolute atomic E-state index is 0.0422. The van der Waals surface area contributed by atoms with E-state index in [4.69, 9.17) is 0 Å². The van der Waals surface area contributed by atoms with Crippen molar-refractivity contribution in [1.82, 2.24) is 10.6 Å². The molecule has 1 atom stereocenters.